The van der Waals surface area contributed by atoms with Crippen LogP contribution < -0.4 is 5.32 Å². The number of carbonyl (C=O) groups excluding carboxylic acids is 1. The summed E-state index contributed by atoms with van der Waals surface area (Å²) in [7, 11) is 0. The molecule has 1 aliphatic carbocycles. The van der Waals surface area contributed by atoms with Crippen LogP contribution in [0.25, 0.3) is 5.70 Å². The van der Waals surface area contributed by atoms with E-state index in [2.05, 4.69) is 35.4 Å². The number of amidine groups is 1. The van der Waals surface area contributed by atoms with Gasteiger partial charge in [-0.1, -0.05) is 31.2 Å². The van der Waals surface area contributed by atoms with Gasteiger partial charge in [-0.2, -0.15) is 0 Å². The molecule has 1 aliphatic heterocycles. The molecule has 1 aromatic rings. The summed E-state index contributed by atoms with van der Waals surface area (Å²) < 4.78 is 0. The number of rotatable bonds is 2. The molecule has 20 heavy (non-hydrogen) atoms. The Hall–Kier alpha value is -2.23. The van der Waals surface area contributed by atoms with Gasteiger partial charge in [-0.3, -0.25) is 9.79 Å². The van der Waals surface area contributed by atoms with Crippen molar-refractivity contribution in [2.75, 3.05) is 0 Å². The zero-order valence-corrected chi connectivity index (χ0v) is 11.5. The summed E-state index contributed by atoms with van der Waals surface area (Å²) in [5, 5.41) is 2.70. The predicted molar refractivity (Wildman–Crippen MR) is 80.7 cm³/mol. The van der Waals surface area contributed by atoms with E-state index < -0.39 is 0 Å². The summed E-state index contributed by atoms with van der Waals surface area (Å²) in [6.07, 6.45) is 4.01. The Morgan fingerprint density at radius 2 is 2.10 bits per heavy atom. The summed E-state index contributed by atoms with van der Waals surface area (Å²) in [6.45, 7) is 2.08. The minimum Gasteiger partial charge on any atom is -0.317 e. The van der Waals surface area contributed by atoms with E-state index in [9.17, 15) is 4.79 Å². The molecule has 2 aliphatic rings. The first-order valence-corrected chi connectivity index (χ1v) is 6.97. The summed E-state index contributed by atoms with van der Waals surface area (Å²) in [5.41, 5.74) is 5.52. The molecule has 4 heteroatoms. The standard InChI is InChI=1S/C16H17N3O/c1-2-12-9-15(17-10-20)19-14-8-7-11-5-3-4-6-13(11)16(14)18-12/h3-6,10H,2,7-9H2,1H3,(H,17,19,20). The number of benzene rings is 1. The van der Waals surface area contributed by atoms with Crippen LogP contribution in [0.4, 0.5) is 0 Å². The molecule has 1 amide bonds. The number of hydrogen-bond acceptors (Lipinski definition) is 3. The quantitative estimate of drug-likeness (QED) is 0.823. The van der Waals surface area contributed by atoms with E-state index >= 15 is 0 Å². The van der Waals surface area contributed by atoms with Crippen LogP contribution in [-0.4, -0.2) is 18.0 Å². The largest absolute Gasteiger partial charge is 0.317 e. The number of nitrogens with zero attached hydrogens (tertiary/aromatic N) is 2. The van der Waals surface area contributed by atoms with Crippen molar-refractivity contribution in [1.82, 2.24) is 5.32 Å². The Bertz CT molecular complexity index is 641. The Morgan fingerprint density at radius 3 is 2.90 bits per heavy atom. The highest BCUT2D eigenvalue weighted by atomic mass is 16.1. The maximum Gasteiger partial charge on any atom is 0.212 e. The van der Waals surface area contributed by atoms with E-state index in [1.165, 1.54) is 11.1 Å². The van der Waals surface area contributed by atoms with Crippen LogP contribution in [-0.2, 0) is 11.2 Å². The Balaban J connectivity index is 2.14. The van der Waals surface area contributed by atoms with E-state index in [-0.39, 0.29) is 0 Å². The number of fused-ring (bicyclic) bond motifs is 2. The van der Waals surface area contributed by atoms with Gasteiger partial charge in [0.2, 0.25) is 6.41 Å². The molecular weight excluding hydrogens is 250 g/mol. The second kappa shape index (κ2) is 5.41. The first-order chi connectivity index (χ1) is 9.81. The van der Waals surface area contributed by atoms with Crippen LogP contribution >= 0.6 is 0 Å². The fourth-order valence-corrected chi connectivity index (χ4v) is 2.68. The lowest BCUT2D eigenvalue weighted by Crippen LogP contribution is -2.24. The lowest BCUT2D eigenvalue weighted by Gasteiger charge is -2.18. The molecule has 1 N–H and O–H groups in total. The molecule has 1 aromatic carbocycles. The molecule has 3 rings (SSSR count). The number of allylic oxidation sites excluding steroid dienone is 1. The number of amides is 1. The molecule has 0 radical (unpaired) electrons. The van der Waals surface area contributed by atoms with Crippen molar-refractivity contribution in [1.29, 1.82) is 0 Å². The normalized spacial score (nSPS) is 17.4. The Labute approximate surface area is 118 Å². The third-order valence-electron chi connectivity index (χ3n) is 3.72. The van der Waals surface area contributed by atoms with Crippen molar-refractivity contribution in [3.8, 4) is 0 Å². The molecule has 4 nitrogen and oxygen atoms in total. The van der Waals surface area contributed by atoms with Gasteiger partial charge in [0.15, 0.2) is 0 Å². The third-order valence-corrected chi connectivity index (χ3v) is 3.72. The van der Waals surface area contributed by atoms with Crippen molar-refractivity contribution in [2.45, 2.75) is 32.6 Å². The van der Waals surface area contributed by atoms with Gasteiger partial charge in [-0.25, -0.2) is 4.99 Å². The van der Waals surface area contributed by atoms with Crippen molar-refractivity contribution in [2.24, 2.45) is 9.98 Å². The highest BCUT2D eigenvalue weighted by Crippen LogP contribution is 2.34. The number of hydrogen-bond donors (Lipinski definition) is 1. The lowest BCUT2D eigenvalue weighted by atomic mass is 9.93. The molecule has 1 heterocycles. The van der Waals surface area contributed by atoms with E-state index in [4.69, 9.17) is 4.99 Å². The monoisotopic (exact) mass is 267 g/mol. The SMILES string of the molecule is CCC1=NC2=C(CCc3ccccc32)N=C(NC=O)C1. The van der Waals surface area contributed by atoms with Gasteiger partial charge in [0.1, 0.15) is 5.84 Å². The van der Waals surface area contributed by atoms with E-state index in [0.29, 0.717) is 18.7 Å². The van der Waals surface area contributed by atoms with Crippen molar-refractivity contribution >= 4 is 23.7 Å². The number of aryl methyl sites for hydroxylation is 1. The maximum absolute atomic E-state index is 10.7. The van der Waals surface area contributed by atoms with Crippen LogP contribution in [0.3, 0.4) is 0 Å². The number of aliphatic imine (C=N–C) groups is 2. The summed E-state index contributed by atoms with van der Waals surface area (Å²) in [6, 6.07) is 8.36. The smallest absolute Gasteiger partial charge is 0.212 e. The van der Waals surface area contributed by atoms with Crippen LogP contribution in [0.5, 0.6) is 0 Å². The molecule has 0 saturated carbocycles. The van der Waals surface area contributed by atoms with Gasteiger partial charge >= 0.3 is 0 Å². The molecule has 0 atom stereocenters. The predicted octanol–water partition coefficient (Wildman–Crippen LogP) is 2.70. The molecule has 0 bridgehead atoms. The average molecular weight is 267 g/mol. The zero-order valence-electron chi connectivity index (χ0n) is 11.5. The topological polar surface area (TPSA) is 53.8 Å². The highest BCUT2D eigenvalue weighted by molar-refractivity contribution is 6.09. The lowest BCUT2D eigenvalue weighted by molar-refractivity contribution is -0.108. The van der Waals surface area contributed by atoms with E-state index in [1.54, 1.807) is 0 Å². The van der Waals surface area contributed by atoms with Gasteiger partial charge in [0.05, 0.1) is 11.4 Å². The van der Waals surface area contributed by atoms with Gasteiger partial charge in [0, 0.05) is 17.7 Å². The molecule has 0 spiro atoms. The summed E-state index contributed by atoms with van der Waals surface area (Å²) >= 11 is 0. The van der Waals surface area contributed by atoms with E-state index in [1.807, 2.05) is 6.07 Å². The average Bonchev–Trinajstić information content (AvgIpc) is 2.66. The fourth-order valence-electron chi connectivity index (χ4n) is 2.68. The van der Waals surface area contributed by atoms with E-state index in [0.717, 1.165) is 36.4 Å². The fraction of sp³-hybridized carbons (Fsp3) is 0.312. The molecule has 102 valence electrons. The number of nitrogens with one attached hydrogen (secondary N) is 1. The van der Waals surface area contributed by atoms with Crippen LogP contribution in [0.15, 0.2) is 39.9 Å². The molecule has 0 aromatic heterocycles. The van der Waals surface area contributed by atoms with Crippen LogP contribution in [0.1, 0.15) is 37.3 Å². The second-order valence-electron chi connectivity index (χ2n) is 4.98. The van der Waals surface area contributed by atoms with Gasteiger partial charge < -0.3 is 5.32 Å². The van der Waals surface area contributed by atoms with Gasteiger partial charge in [0.25, 0.3) is 0 Å². The maximum atomic E-state index is 10.7. The minimum absolute atomic E-state index is 0.615. The van der Waals surface area contributed by atoms with Crippen LogP contribution in [0.2, 0.25) is 0 Å². The molecule has 0 fully saturated rings. The first-order valence-electron chi connectivity index (χ1n) is 6.97. The summed E-state index contributed by atoms with van der Waals surface area (Å²) in [5.74, 6) is 0.699. The zero-order chi connectivity index (χ0) is 13.9. The van der Waals surface area contributed by atoms with Crippen molar-refractivity contribution in [3.05, 3.63) is 41.1 Å². The minimum atomic E-state index is 0.615. The van der Waals surface area contributed by atoms with Gasteiger partial charge in [-0.05, 0) is 24.8 Å². The molecular formula is C16H17N3O. The highest BCUT2D eigenvalue weighted by Gasteiger charge is 2.21. The van der Waals surface area contributed by atoms with Crippen molar-refractivity contribution < 1.29 is 4.79 Å². The molecule has 0 unspecified atom stereocenters. The number of carbonyl (C=O) groups is 1. The van der Waals surface area contributed by atoms with Gasteiger partial charge in [-0.15, -0.1) is 0 Å². The van der Waals surface area contributed by atoms with Crippen LogP contribution in [0, 0.1) is 0 Å². The molecule has 0 saturated heterocycles. The summed E-state index contributed by atoms with van der Waals surface area (Å²) in [4.78, 5) is 20.1. The Kier molecular flexibility index (Phi) is 3.46. The Morgan fingerprint density at radius 1 is 1.25 bits per heavy atom. The first kappa shape index (κ1) is 12.8. The van der Waals surface area contributed by atoms with Crippen molar-refractivity contribution in [3.63, 3.8) is 0 Å². The second-order valence-corrected chi connectivity index (χ2v) is 4.98. The third kappa shape index (κ3) is 2.29.